The number of nitrogens with two attached hydrogens (primary N) is 1. The predicted molar refractivity (Wildman–Crippen MR) is 173 cm³/mol. The molecule has 0 saturated heterocycles. The molecule has 244 valence electrons. The molecule has 0 aliphatic carbocycles. The van der Waals surface area contributed by atoms with Gasteiger partial charge in [0, 0.05) is 24.0 Å². The Kier molecular flexibility index (Phi) is 18.1. The Morgan fingerprint density at radius 3 is 2.18 bits per heavy atom. The molecule has 1 aromatic carbocycles. The third kappa shape index (κ3) is 12.4. The summed E-state index contributed by atoms with van der Waals surface area (Å²) in [6.07, 6.45) is 10.6. The molecule has 0 bridgehead atoms. The van der Waals surface area contributed by atoms with E-state index in [1.165, 1.54) is 31.4 Å². The van der Waals surface area contributed by atoms with Gasteiger partial charge in [-0.25, -0.2) is 9.97 Å². The van der Waals surface area contributed by atoms with E-state index in [-0.39, 0.29) is 17.3 Å². The Morgan fingerprint density at radius 2 is 1.76 bits per heavy atom. The second-order valence-electron chi connectivity index (χ2n) is 9.35. The van der Waals surface area contributed by atoms with Crippen LogP contribution in [0, 0.1) is 26.7 Å². The molecule has 3 N–H and O–H groups in total. The van der Waals surface area contributed by atoms with Crippen molar-refractivity contribution in [3.8, 4) is 30.1 Å². The largest absolute Gasteiger partial charge is 0.494 e. The Labute approximate surface area is 263 Å². The lowest BCUT2D eigenvalue weighted by Gasteiger charge is -2.11. The van der Waals surface area contributed by atoms with Gasteiger partial charge in [-0.15, -0.1) is 12.8 Å². The summed E-state index contributed by atoms with van der Waals surface area (Å²) in [6, 6.07) is 5.20. The van der Waals surface area contributed by atoms with E-state index < -0.39 is 11.9 Å². The molecule has 1 atom stereocenters. The Morgan fingerprint density at radius 1 is 1.11 bits per heavy atom. The van der Waals surface area contributed by atoms with Crippen molar-refractivity contribution in [2.45, 2.75) is 39.9 Å². The molecular weight excluding hydrogens is 587 g/mol. The van der Waals surface area contributed by atoms with Crippen molar-refractivity contribution in [1.82, 2.24) is 20.2 Å². The number of aromatic nitrogens is 2. The molecule has 45 heavy (non-hydrogen) atoms. The molecule has 0 fully saturated rings. The molecule has 3 aromatic rings. The molecule has 0 spiro atoms. The topological polar surface area (TPSA) is 124 Å². The highest BCUT2D eigenvalue weighted by Gasteiger charge is 2.33. The first-order chi connectivity index (χ1) is 21.4. The Bertz CT molecular complexity index is 1460. The molecule has 4 rings (SSSR count). The van der Waals surface area contributed by atoms with Crippen LogP contribution in [0.4, 0.5) is 13.2 Å². The van der Waals surface area contributed by atoms with Gasteiger partial charge >= 0.3 is 6.18 Å². The number of alkyl halides is 3. The minimum absolute atomic E-state index is 0.119. The zero-order valence-electron chi connectivity index (χ0n) is 26.7. The van der Waals surface area contributed by atoms with Crippen molar-refractivity contribution in [2.24, 2.45) is 5.73 Å². The van der Waals surface area contributed by atoms with Gasteiger partial charge in [0.15, 0.2) is 0 Å². The third-order valence-corrected chi connectivity index (χ3v) is 6.05. The van der Waals surface area contributed by atoms with Crippen LogP contribution in [0.5, 0.6) is 5.75 Å². The Balaban J connectivity index is 0.000000732. The summed E-state index contributed by atoms with van der Waals surface area (Å²) in [5.74, 6) is 1.26. The fourth-order valence-corrected chi connectivity index (χ4v) is 3.80. The minimum Gasteiger partial charge on any atom is -0.494 e. The van der Waals surface area contributed by atoms with Crippen LogP contribution in [0.15, 0.2) is 64.6 Å². The zero-order valence-corrected chi connectivity index (χ0v) is 26.7. The summed E-state index contributed by atoms with van der Waals surface area (Å²) in [6.45, 7) is 13.2. The number of rotatable bonds is 7. The van der Waals surface area contributed by atoms with Crippen LogP contribution in [0.3, 0.4) is 0 Å². The summed E-state index contributed by atoms with van der Waals surface area (Å²) in [5.41, 5.74) is 7.86. The van der Waals surface area contributed by atoms with Gasteiger partial charge in [0.25, 0.3) is 0 Å². The summed E-state index contributed by atoms with van der Waals surface area (Å²) < 4.78 is 49.4. The number of aryl methyl sites for hydroxylation is 2. The monoisotopic (exact) mass is 629 g/mol. The molecule has 9 nitrogen and oxygen atoms in total. The number of nitrogens with zero attached hydrogens (tertiary/aromatic N) is 3. The number of ether oxygens (including phenoxy) is 1. The van der Waals surface area contributed by atoms with Crippen LogP contribution < -0.4 is 15.8 Å². The highest BCUT2D eigenvalue weighted by molar-refractivity contribution is 5.96. The van der Waals surface area contributed by atoms with Crippen LogP contribution >= 0.6 is 0 Å². The van der Waals surface area contributed by atoms with Gasteiger partial charge in [-0.05, 0) is 71.6 Å². The number of carbonyl (C=O) groups excluding carboxylic acids is 2. The molecule has 0 unspecified atom stereocenters. The van der Waals surface area contributed by atoms with E-state index in [1.54, 1.807) is 32.9 Å². The van der Waals surface area contributed by atoms with E-state index in [4.69, 9.17) is 9.15 Å². The van der Waals surface area contributed by atoms with Gasteiger partial charge in [0.2, 0.25) is 12.3 Å². The fourth-order valence-electron chi connectivity index (χ4n) is 3.80. The molecule has 3 heterocycles. The second kappa shape index (κ2) is 20.3. The summed E-state index contributed by atoms with van der Waals surface area (Å²) >= 11 is 0. The van der Waals surface area contributed by atoms with Gasteiger partial charge in [-0.1, -0.05) is 30.4 Å². The van der Waals surface area contributed by atoms with Gasteiger partial charge in [-0.3, -0.25) is 9.69 Å². The van der Waals surface area contributed by atoms with Crippen LogP contribution in [0.25, 0.3) is 22.4 Å². The second-order valence-corrected chi connectivity index (χ2v) is 9.35. The third-order valence-electron chi connectivity index (χ3n) is 6.05. The normalized spacial score (nSPS) is 13.1. The first-order valence-corrected chi connectivity index (χ1v) is 13.6. The lowest BCUT2D eigenvalue weighted by molar-refractivity contribution is -0.141. The molecule has 0 radical (unpaired) electrons. The SMILES string of the molecule is C#C.C=C/C=C\C1=C(C)CN(C)C1.CN.COc1ccc(-c2nc(C)c(C)o2)c2ccc(C(F)(F)F)nc12.C[C@H](C=O)NC=O. The van der Waals surface area contributed by atoms with Gasteiger partial charge in [-0.2, -0.15) is 13.2 Å². The number of methoxy groups -OCH3 is 1. The number of nitrogens with one attached hydrogen (secondary N) is 1. The van der Waals surface area contributed by atoms with Gasteiger partial charge < -0.3 is 25.0 Å². The number of pyridine rings is 1. The van der Waals surface area contributed by atoms with E-state index in [2.05, 4.69) is 65.4 Å². The maximum Gasteiger partial charge on any atom is 0.433 e. The summed E-state index contributed by atoms with van der Waals surface area (Å²) in [7, 11) is 5.02. The number of terminal acetylenes is 1. The van der Waals surface area contributed by atoms with E-state index >= 15 is 0 Å². The molecule has 1 aliphatic heterocycles. The standard InChI is InChI=1S/C16H13F3N2O2.C10H15N.C4H7NO2.C2H2.CH5N/c1-8-9(2)23-15(20-8)11-4-6-12(22-3)14-10(11)5-7-13(21-14)16(17,18)19;1-4-5-6-10-8-11(3)7-9(10)2;1-4(2-6)5-3-7;2*1-2/h4-7H,1-3H3;4-6H,1,7-8H2,2-3H3;2-4H,1H3,(H,5,7);1-2H;2H2,1H3/b;6-5-;;;/t;;4-;;/m..1../s1. The van der Waals surface area contributed by atoms with E-state index in [0.717, 1.165) is 24.8 Å². The first-order valence-electron chi connectivity index (χ1n) is 13.6. The van der Waals surface area contributed by atoms with Crippen molar-refractivity contribution in [1.29, 1.82) is 0 Å². The number of hydrogen-bond donors (Lipinski definition) is 2. The molecule has 0 saturated carbocycles. The zero-order chi connectivity index (χ0) is 34.7. The van der Waals surface area contributed by atoms with Gasteiger partial charge in [0.05, 0.1) is 18.8 Å². The highest BCUT2D eigenvalue weighted by atomic mass is 19.4. The number of carbonyl (C=O) groups is 2. The number of oxazole rings is 1. The van der Waals surface area contributed by atoms with Crippen LogP contribution in [-0.4, -0.2) is 67.9 Å². The molecule has 2 aromatic heterocycles. The quantitative estimate of drug-likeness (QED) is 0.195. The van der Waals surface area contributed by atoms with Crippen molar-refractivity contribution in [3.63, 3.8) is 0 Å². The van der Waals surface area contributed by atoms with Gasteiger partial charge in [0.1, 0.15) is 29.0 Å². The summed E-state index contributed by atoms with van der Waals surface area (Å²) in [5, 5.41) is 2.73. The van der Waals surface area contributed by atoms with Crippen LogP contribution in [0.2, 0.25) is 0 Å². The van der Waals surface area contributed by atoms with Crippen molar-refractivity contribution in [3.05, 3.63) is 77.4 Å². The van der Waals surface area contributed by atoms with Crippen LogP contribution in [-0.2, 0) is 15.8 Å². The molecule has 1 aliphatic rings. The minimum atomic E-state index is -4.52. The first kappa shape index (κ1) is 40.3. The van der Waals surface area contributed by atoms with Crippen molar-refractivity contribution in [2.75, 3.05) is 34.3 Å². The molecule has 1 amide bonds. The number of aldehydes is 1. The summed E-state index contributed by atoms with van der Waals surface area (Å²) in [4.78, 5) is 29.5. The Hall–Kier alpha value is -4.73. The highest BCUT2D eigenvalue weighted by Crippen LogP contribution is 2.36. The number of likely N-dealkylation sites (N-methyl/N-ethyl adjacent to an activating group) is 1. The van der Waals surface area contributed by atoms with Crippen molar-refractivity contribution >= 4 is 23.6 Å². The lowest BCUT2D eigenvalue weighted by atomic mass is 10.1. The predicted octanol–water partition coefficient (Wildman–Crippen LogP) is 5.67. The number of benzene rings is 1. The number of allylic oxidation sites excluding steroid dienone is 2. The van der Waals surface area contributed by atoms with E-state index in [0.29, 0.717) is 35.3 Å². The maximum absolute atomic E-state index is 12.9. The van der Waals surface area contributed by atoms with E-state index in [1.807, 2.05) is 12.2 Å². The smallest absolute Gasteiger partial charge is 0.433 e. The van der Waals surface area contributed by atoms with Crippen LogP contribution in [0.1, 0.15) is 31.0 Å². The van der Waals surface area contributed by atoms with E-state index in [9.17, 15) is 22.8 Å². The van der Waals surface area contributed by atoms with Crippen molar-refractivity contribution < 1.29 is 31.9 Å². The average Bonchev–Trinajstić information content (AvgIpc) is 3.55. The number of amides is 1. The number of halogens is 3. The number of hydrogen-bond acceptors (Lipinski definition) is 8. The molecular formula is C33H42F3N5O4. The fraction of sp³-hybridized carbons (Fsp3) is 0.333. The lowest BCUT2D eigenvalue weighted by Crippen LogP contribution is -2.24. The maximum atomic E-state index is 12.9. The average molecular weight is 630 g/mol. The number of fused-ring (bicyclic) bond motifs is 1. The molecule has 12 heteroatoms.